The molecule has 0 aliphatic carbocycles. The van der Waals surface area contributed by atoms with Crippen LogP contribution in [0.5, 0.6) is 0 Å². The van der Waals surface area contributed by atoms with Gasteiger partial charge in [-0.25, -0.2) is 13.4 Å². The van der Waals surface area contributed by atoms with E-state index in [-0.39, 0.29) is 10.5 Å². The average molecular weight is 393 g/mol. The van der Waals surface area contributed by atoms with Crippen LogP contribution in [0.25, 0.3) is 27.8 Å². The van der Waals surface area contributed by atoms with E-state index in [0.717, 1.165) is 39.2 Å². The Morgan fingerprint density at radius 2 is 1.71 bits per heavy atom. The van der Waals surface area contributed by atoms with Crippen molar-refractivity contribution >= 4 is 20.7 Å². The van der Waals surface area contributed by atoms with Crippen molar-refractivity contribution in [1.29, 1.82) is 0 Å². The SMILES string of the molecule is Cc1cc(-n2cc(-c3ccc(S(C)(=O)=O)cc3)nc2C)cc2ccc(=O)[nH]c12. The highest BCUT2D eigenvalue weighted by atomic mass is 32.2. The minimum atomic E-state index is -3.23. The number of aromatic amines is 1. The van der Waals surface area contributed by atoms with Crippen LogP contribution in [-0.2, 0) is 9.84 Å². The summed E-state index contributed by atoms with van der Waals surface area (Å²) in [5.41, 5.74) is 4.22. The molecule has 0 aliphatic heterocycles. The van der Waals surface area contributed by atoms with Crippen molar-refractivity contribution in [1.82, 2.24) is 14.5 Å². The molecule has 2 heterocycles. The Morgan fingerprint density at radius 3 is 2.39 bits per heavy atom. The first-order valence-corrected chi connectivity index (χ1v) is 10.6. The minimum Gasteiger partial charge on any atom is -0.322 e. The molecule has 7 heteroatoms. The lowest BCUT2D eigenvalue weighted by Gasteiger charge is -2.09. The third kappa shape index (κ3) is 3.25. The van der Waals surface area contributed by atoms with E-state index in [0.29, 0.717) is 0 Å². The van der Waals surface area contributed by atoms with Crippen LogP contribution in [-0.4, -0.2) is 29.2 Å². The van der Waals surface area contributed by atoms with E-state index >= 15 is 0 Å². The van der Waals surface area contributed by atoms with Crippen LogP contribution in [0.3, 0.4) is 0 Å². The minimum absolute atomic E-state index is 0.123. The van der Waals surface area contributed by atoms with E-state index in [1.165, 1.54) is 12.3 Å². The summed E-state index contributed by atoms with van der Waals surface area (Å²) in [6.07, 6.45) is 3.12. The number of fused-ring (bicyclic) bond motifs is 1. The average Bonchev–Trinajstić information content (AvgIpc) is 3.03. The number of aromatic nitrogens is 3. The van der Waals surface area contributed by atoms with Gasteiger partial charge in [0, 0.05) is 35.2 Å². The number of aryl methyl sites for hydroxylation is 2. The van der Waals surface area contributed by atoms with E-state index in [1.54, 1.807) is 24.3 Å². The molecule has 4 rings (SSSR count). The molecule has 4 aromatic rings. The summed E-state index contributed by atoms with van der Waals surface area (Å²) in [5.74, 6) is 0.811. The molecule has 28 heavy (non-hydrogen) atoms. The molecule has 0 amide bonds. The second-order valence-corrected chi connectivity index (χ2v) is 8.91. The van der Waals surface area contributed by atoms with Gasteiger partial charge in [-0.05, 0) is 49.7 Å². The molecule has 142 valence electrons. The predicted molar refractivity (Wildman–Crippen MR) is 110 cm³/mol. The van der Waals surface area contributed by atoms with Gasteiger partial charge in [0.15, 0.2) is 9.84 Å². The molecule has 2 aromatic carbocycles. The van der Waals surface area contributed by atoms with Crippen LogP contribution in [0.1, 0.15) is 11.4 Å². The lowest BCUT2D eigenvalue weighted by Crippen LogP contribution is -2.04. The second kappa shape index (κ2) is 6.45. The van der Waals surface area contributed by atoms with Crippen LogP contribution >= 0.6 is 0 Å². The van der Waals surface area contributed by atoms with Gasteiger partial charge in [0.25, 0.3) is 0 Å². The van der Waals surface area contributed by atoms with Gasteiger partial charge in [0.05, 0.1) is 16.1 Å². The van der Waals surface area contributed by atoms with Crippen molar-refractivity contribution in [3.8, 4) is 16.9 Å². The predicted octanol–water partition coefficient (Wildman–Crippen LogP) is 3.40. The largest absolute Gasteiger partial charge is 0.322 e. The molecule has 0 saturated heterocycles. The van der Waals surface area contributed by atoms with Crippen LogP contribution in [0, 0.1) is 13.8 Å². The number of nitrogens with one attached hydrogen (secondary N) is 1. The van der Waals surface area contributed by atoms with E-state index in [1.807, 2.05) is 42.8 Å². The number of nitrogens with zero attached hydrogens (tertiary/aromatic N) is 2. The number of pyridine rings is 1. The van der Waals surface area contributed by atoms with Gasteiger partial charge >= 0.3 is 0 Å². The molecule has 0 fully saturated rings. The summed E-state index contributed by atoms with van der Waals surface area (Å²) >= 11 is 0. The van der Waals surface area contributed by atoms with Gasteiger partial charge in [0.1, 0.15) is 5.82 Å². The Hall–Kier alpha value is -3.19. The molecule has 1 N–H and O–H groups in total. The van der Waals surface area contributed by atoms with Crippen molar-refractivity contribution in [2.24, 2.45) is 0 Å². The second-order valence-electron chi connectivity index (χ2n) is 6.89. The van der Waals surface area contributed by atoms with Crippen molar-refractivity contribution in [2.45, 2.75) is 18.7 Å². The maximum Gasteiger partial charge on any atom is 0.248 e. The molecule has 0 bridgehead atoms. The first-order chi connectivity index (χ1) is 13.2. The number of H-pyrrole nitrogens is 1. The highest BCUT2D eigenvalue weighted by Crippen LogP contribution is 2.25. The quantitative estimate of drug-likeness (QED) is 0.578. The fraction of sp³-hybridized carbons (Fsp3) is 0.143. The molecule has 0 saturated carbocycles. The monoisotopic (exact) mass is 393 g/mol. The summed E-state index contributed by atoms with van der Waals surface area (Å²) < 4.78 is 25.3. The third-order valence-corrected chi connectivity index (χ3v) is 5.88. The molecular weight excluding hydrogens is 374 g/mol. The lowest BCUT2D eigenvalue weighted by atomic mass is 10.1. The van der Waals surface area contributed by atoms with E-state index < -0.39 is 9.84 Å². The number of sulfone groups is 1. The molecule has 0 spiro atoms. The zero-order chi connectivity index (χ0) is 20.1. The van der Waals surface area contributed by atoms with Gasteiger partial charge in [-0.2, -0.15) is 0 Å². The number of hydrogen-bond donors (Lipinski definition) is 1. The molecule has 0 atom stereocenters. The lowest BCUT2D eigenvalue weighted by molar-refractivity contribution is 0.602. The normalized spacial score (nSPS) is 11.8. The summed E-state index contributed by atoms with van der Waals surface area (Å²) in [4.78, 5) is 19.4. The van der Waals surface area contributed by atoms with Gasteiger partial charge < -0.3 is 9.55 Å². The molecule has 2 aromatic heterocycles. The van der Waals surface area contributed by atoms with Crippen LogP contribution in [0.2, 0.25) is 0 Å². The number of rotatable bonds is 3. The Kier molecular flexibility index (Phi) is 4.19. The van der Waals surface area contributed by atoms with Crippen LogP contribution < -0.4 is 5.56 Å². The fourth-order valence-electron chi connectivity index (χ4n) is 3.31. The highest BCUT2D eigenvalue weighted by molar-refractivity contribution is 7.90. The summed E-state index contributed by atoms with van der Waals surface area (Å²) in [6.45, 7) is 3.87. The summed E-state index contributed by atoms with van der Waals surface area (Å²) in [7, 11) is -3.23. The summed E-state index contributed by atoms with van der Waals surface area (Å²) in [5, 5.41) is 0.946. The standard InChI is InChI=1S/C21H19N3O3S/c1-13-10-17(11-16-6-9-20(25)23-21(13)16)24-12-19(22-14(24)2)15-4-7-18(8-5-15)28(3,26)27/h4-12H,1-3H3,(H,23,25). The van der Waals surface area contributed by atoms with Crippen LogP contribution in [0.4, 0.5) is 0 Å². The van der Waals surface area contributed by atoms with Crippen LogP contribution in [0.15, 0.2) is 64.4 Å². The molecule has 0 radical (unpaired) electrons. The molecule has 6 nitrogen and oxygen atoms in total. The molecular formula is C21H19N3O3S. The topological polar surface area (TPSA) is 84.8 Å². The van der Waals surface area contributed by atoms with E-state index in [9.17, 15) is 13.2 Å². The Bertz CT molecular complexity index is 1360. The number of benzene rings is 2. The highest BCUT2D eigenvalue weighted by Gasteiger charge is 2.12. The maximum absolute atomic E-state index is 11.6. The first-order valence-electron chi connectivity index (χ1n) is 8.73. The van der Waals surface area contributed by atoms with Crippen molar-refractivity contribution in [3.05, 3.63) is 76.5 Å². The number of hydrogen-bond acceptors (Lipinski definition) is 4. The Labute approximate surface area is 162 Å². The molecule has 0 unspecified atom stereocenters. The number of imidazole rings is 1. The first kappa shape index (κ1) is 18.2. The zero-order valence-electron chi connectivity index (χ0n) is 15.7. The van der Waals surface area contributed by atoms with Gasteiger partial charge in [-0.1, -0.05) is 12.1 Å². The van der Waals surface area contributed by atoms with Crippen molar-refractivity contribution in [2.75, 3.05) is 6.26 Å². The van der Waals surface area contributed by atoms with Gasteiger partial charge in [0.2, 0.25) is 5.56 Å². The third-order valence-electron chi connectivity index (χ3n) is 4.75. The van der Waals surface area contributed by atoms with Gasteiger partial charge in [-0.3, -0.25) is 4.79 Å². The zero-order valence-corrected chi connectivity index (χ0v) is 16.5. The van der Waals surface area contributed by atoms with Crippen molar-refractivity contribution < 1.29 is 8.42 Å². The fourth-order valence-corrected chi connectivity index (χ4v) is 3.94. The van der Waals surface area contributed by atoms with Crippen molar-refractivity contribution in [3.63, 3.8) is 0 Å². The van der Waals surface area contributed by atoms with E-state index in [4.69, 9.17) is 0 Å². The molecule has 0 aliphatic rings. The maximum atomic E-state index is 11.6. The van der Waals surface area contributed by atoms with Gasteiger partial charge in [-0.15, -0.1) is 0 Å². The Balaban J connectivity index is 1.79. The van der Waals surface area contributed by atoms with E-state index in [2.05, 4.69) is 9.97 Å². The summed E-state index contributed by atoms with van der Waals surface area (Å²) in [6, 6.07) is 14.0. The Morgan fingerprint density at radius 1 is 1.00 bits per heavy atom. The smallest absolute Gasteiger partial charge is 0.248 e.